The number of hydrogen-bond acceptors (Lipinski definition) is 6. The predicted octanol–water partition coefficient (Wildman–Crippen LogP) is 0.122. The fraction of sp³-hybridized carbons (Fsp3) is 0.385. The lowest BCUT2D eigenvalue weighted by Crippen LogP contribution is -2.55. The van der Waals surface area contributed by atoms with Gasteiger partial charge < -0.3 is 32.5 Å². The standard InChI is InChI=1S/C26H35N5O5/c1-16(2)12-22(26(36)31-21(24(28)34)14-17-6-4-3-5-7-17)30-23(33)15-29-25(35)20(27)13-18-8-10-19(32)11-9-18/h3-11,16,20-22,32H,12-15,27H2,1-2H3,(H2,28,34)(H,29,35)(H,30,33)(H,31,36)/t20-,21-,22-/m0/s1. The van der Waals surface area contributed by atoms with Gasteiger partial charge in [-0.25, -0.2) is 0 Å². The summed E-state index contributed by atoms with van der Waals surface area (Å²) in [6.07, 6.45) is 0.768. The summed E-state index contributed by atoms with van der Waals surface area (Å²) in [6.45, 7) is 3.42. The van der Waals surface area contributed by atoms with Gasteiger partial charge in [0.05, 0.1) is 12.6 Å². The minimum Gasteiger partial charge on any atom is -0.508 e. The second kappa shape index (κ2) is 13.8. The van der Waals surface area contributed by atoms with Gasteiger partial charge in [-0.2, -0.15) is 0 Å². The third-order valence-corrected chi connectivity index (χ3v) is 5.45. The number of primary amides is 1. The van der Waals surface area contributed by atoms with Crippen LogP contribution in [0.2, 0.25) is 0 Å². The van der Waals surface area contributed by atoms with E-state index in [1.54, 1.807) is 12.1 Å². The molecule has 0 radical (unpaired) electrons. The van der Waals surface area contributed by atoms with Gasteiger partial charge in [-0.1, -0.05) is 56.3 Å². The number of benzene rings is 2. The lowest BCUT2D eigenvalue weighted by atomic mass is 10.0. The third-order valence-electron chi connectivity index (χ3n) is 5.45. The van der Waals surface area contributed by atoms with Gasteiger partial charge in [0, 0.05) is 6.42 Å². The molecule has 8 N–H and O–H groups in total. The molecule has 2 aromatic carbocycles. The van der Waals surface area contributed by atoms with Crippen molar-refractivity contribution in [1.29, 1.82) is 0 Å². The molecule has 0 aliphatic rings. The van der Waals surface area contributed by atoms with Gasteiger partial charge >= 0.3 is 0 Å². The maximum Gasteiger partial charge on any atom is 0.243 e. The van der Waals surface area contributed by atoms with Crippen molar-refractivity contribution in [2.45, 2.75) is 51.2 Å². The van der Waals surface area contributed by atoms with Gasteiger partial charge in [-0.05, 0) is 42.0 Å². The molecule has 0 saturated carbocycles. The van der Waals surface area contributed by atoms with Gasteiger partial charge in [0.15, 0.2) is 0 Å². The van der Waals surface area contributed by atoms with Crippen molar-refractivity contribution in [3.63, 3.8) is 0 Å². The minimum atomic E-state index is -0.941. The van der Waals surface area contributed by atoms with E-state index in [4.69, 9.17) is 11.5 Å². The number of phenols is 1. The summed E-state index contributed by atoms with van der Waals surface area (Å²) >= 11 is 0. The minimum absolute atomic E-state index is 0.0653. The lowest BCUT2D eigenvalue weighted by Gasteiger charge is -2.23. The molecular formula is C26H35N5O5. The average Bonchev–Trinajstić information content (AvgIpc) is 2.83. The van der Waals surface area contributed by atoms with Crippen molar-refractivity contribution in [1.82, 2.24) is 16.0 Å². The Bertz CT molecular complexity index is 1030. The maximum absolute atomic E-state index is 12.9. The number of amides is 4. The van der Waals surface area contributed by atoms with E-state index in [2.05, 4.69) is 16.0 Å². The monoisotopic (exact) mass is 497 g/mol. The summed E-state index contributed by atoms with van der Waals surface area (Å²) in [7, 11) is 0. The highest BCUT2D eigenvalue weighted by Crippen LogP contribution is 2.11. The molecule has 194 valence electrons. The Balaban J connectivity index is 1.92. The van der Waals surface area contributed by atoms with Crippen molar-refractivity contribution >= 4 is 23.6 Å². The van der Waals surface area contributed by atoms with Gasteiger partial charge in [0.2, 0.25) is 23.6 Å². The number of nitrogens with two attached hydrogens (primary N) is 2. The third kappa shape index (κ3) is 9.75. The molecule has 0 aromatic heterocycles. The summed E-state index contributed by atoms with van der Waals surface area (Å²) < 4.78 is 0. The van der Waals surface area contributed by atoms with Crippen LogP contribution in [0, 0.1) is 5.92 Å². The first-order valence-corrected chi connectivity index (χ1v) is 11.8. The van der Waals surface area contributed by atoms with E-state index in [-0.39, 0.29) is 31.1 Å². The lowest BCUT2D eigenvalue weighted by molar-refractivity contribution is -0.132. The van der Waals surface area contributed by atoms with E-state index in [9.17, 15) is 24.3 Å². The Labute approximate surface area is 210 Å². The molecule has 0 aliphatic carbocycles. The molecule has 4 amide bonds. The van der Waals surface area contributed by atoms with E-state index in [1.165, 1.54) is 12.1 Å². The fourth-order valence-electron chi connectivity index (χ4n) is 3.57. The van der Waals surface area contributed by atoms with Crippen LogP contribution in [0.3, 0.4) is 0 Å². The molecule has 0 saturated heterocycles. The Morgan fingerprint density at radius 2 is 1.44 bits per heavy atom. The molecule has 3 atom stereocenters. The quantitative estimate of drug-likeness (QED) is 0.229. The SMILES string of the molecule is CC(C)C[C@H](NC(=O)CNC(=O)[C@@H](N)Cc1ccc(O)cc1)C(=O)N[C@@H](Cc1ccccc1)C(N)=O. The van der Waals surface area contributed by atoms with Crippen molar-refractivity contribution in [2.75, 3.05) is 6.54 Å². The highest BCUT2D eigenvalue weighted by molar-refractivity contribution is 5.93. The van der Waals surface area contributed by atoms with Crippen LogP contribution in [0.5, 0.6) is 5.75 Å². The summed E-state index contributed by atoms with van der Waals surface area (Å²) in [6, 6.07) is 12.7. The Hall–Kier alpha value is -3.92. The first-order valence-electron chi connectivity index (χ1n) is 11.8. The van der Waals surface area contributed by atoms with Gasteiger partial charge in [-0.15, -0.1) is 0 Å². The van der Waals surface area contributed by atoms with Crippen molar-refractivity contribution in [2.24, 2.45) is 17.4 Å². The van der Waals surface area contributed by atoms with Crippen molar-refractivity contribution < 1.29 is 24.3 Å². The van der Waals surface area contributed by atoms with Crippen LogP contribution >= 0.6 is 0 Å². The summed E-state index contributed by atoms with van der Waals surface area (Å²) in [5, 5.41) is 17.1. The maximum atomic E-state index is 12.9. The zero-order valence-electron chi connectivity index (χ0n) is 20.6. The Morgan fingerprint density at radius 1 is 0.833 bits per heavy atom. The van der Waals surface area contributed by atoms with Gasteiger partial charge in [0.25, 0.3) is 0 Å². The topological polar surface area (TPSA) is 177 Å². The Morgan fingerprint density at radius 3 is 2.03 bits per heavy atom. The van der Waals surface area contributed by atoms with Crippen LogP contribution in [0.25, 0.3) is 0 Å². The molecular weight excluding hydrogens is 462 g/mol. The fourth-order valence-corrected chi connectivity index (χ4v) is 3.57. The van der Waals surface area contributed by atoms with Crippen LogP contribution in [0.1, 0.15) is 31.4 Å². The predicted molar refractivity (Wildman–Crippen MR) is 135 cm³/mol. The second-order valence-electron chi connectivity index (χ2n) is 9.10. The van der Waals surface area contributed by atoms with Gasteiger partial charge in [-0.3, -0.25) is 19.2 Å². The molecule has 10 nitrogen and oxygen atoms in total. The molecule has 2 rings (SSSR count). The number of carbonyl (C=O) groups is 4. The van der Waals surface area contributed by atoms with E-state index in [0.29, 0.717) is 6.42 Å². The molecule has 0 bridgehead atoms. The first kappa shape index (κ1) is 28.3. The first-order chi connectivity index (χ1) is 17.0. The van der Waals surface area contributed by atoms with Crippen LogP contribution in [0.15, 0.2) is 54.6 Å². The molecule has 36 heavy (non-hydrogen) atoms. The number of nitrogens with one attached hydrogen (secondary N) is 3. The van der Waals surface area contributed by atoms with Crippen molar-refractivity contribution in [3.05, 3.63) is 65.7 Å². The summed E-state index contributed by atoms with van der Waals surface area (Å²) in [5.74, 6) is -2.14. The Kier molecular flexibility index (Phi) is 10.9. The van der Waals surface area contributed by atoms with Crippen LogP contribution in [-0.4, -0.2) is 53.4 Å². The van der Waals surface area contributed by atoms with Gasteiger partial charge in [0.1, 0.15) is 17.8 Å². The molecule has 0 fully saturated rings. The molecule has 0 heterocycles. The van der Waals surface area contributed by atoms with E-state index >= 15 is 0 Å². The molecule has 2 aromatic rings. The second-order valence-corrected chi connectivity index (χ2v) is 9.10. The number of hydrogen-bond donors (Lipinski definition) is 6. The van der Waals surface area contributed by atoms with E-state index < -0.39 is 41.8 Å². The zero-order valence-corrected chi connectivity index (χ0v) is 20.6. The van der Waals surface area contributed by atoms with Crippen LogP contribution in [0.4, 0.5) is 0 Å². The number of carbonyl (C=O) groups excluding carboxylic acids is 4. The number of phenolic OH excluding ortho intramolecular Hbond substituents is 1. The normalized spacial score (nSPS) is 13.3. The zero-order chi connectivity index (χ0) is 26.7. The highest BCUT2D eigenvalue weighted by Gasteiger charge is 2.27. The number of aromatic hydroxyl groups is 1. The molecule has 10 heteroatoms. The van der Waals surface area contributed by atoms with E-state index in [0.717, 1.165) is 11.1 Å². The highest BCUT2D eigenvalue weighted by atomic mass is 16.3. The van der Waals surface area contributed by atoms with E-state index in [1.807, 2.05) is 44.2 Å². The molecule has 0 spiro atoms. The summed E-state index contributed by atoms with van der Waals surface area (Å²) in [5.41, 5.74) is 13.0. The summed E-state index contributed by atoms with van der Waals surface area (Å²) in [4.78, 5) is 49.7. The number of rotatable bonds is 13. The molecule has 0 aliphatic heterocycles. The smallest absolute Gasteiger partial charge is 0.243 e. The van der Waals surface area contributed by atoms with Crippen molar-refractivity contribution in [3.8, 4) is 5.75 Å². The average molecular weight is 498 g/mol. The van der Waals surface area contributed by atoms with Crippen LogP contribution < -0.4 is 27.4 Å². The largest absolute Gasteiger partial charge is 0.508 e. The molecule has 0 unspecified atom stereocenters. The van der Waals surface area contributed by atoms with Crippen LogP contribution in [-0.2, 0) is 32.0 Å².